The molecule has 0 aromatic rings. The van der Waals surface area contributed by atoms with Crippen LogP contribution in [0.2, 0.25) is 0 Å². The average molecular weight is 148 g/mol. The van der Waals surface area contributed by atoms with E-state index in [9.17, 15) is 0 Å². The molecule has 0 radical (unpaired) electrons. The third kappa shape index (κ3) is 1.05. The normalized spacial score (nSPS) is 47.8. The molecule has 0 N–H and O–H groups in total. The van der Waals surface area contributed by atoms with E-state index < -0.39 is 0 Å². The topological polar surface area (TPSA) is 0 Å². The van der Waals surface area contributed by atoms with Crippen molar-refractivity contribution in [3.8, 4) is 0 Å². The van der Waals surface area contributed by atoms with Gasteiger partial charge in [0.25, 0.3) is 0 Å². The molecule has 4 unspecified atom stereocenters. The van der Waals surface area contributed by atoms with Gasteiger partial charge in [-0.25, -0.2) is 0 Å². The summed E-state index contributed by atoms with van der Waals surface area (Å²) in [5.41, 5.74) is 0. The summed E-state index contributed by atoms with van der Waals surface area (Å²) in [6.07, 6.45) is 10.6. The summed E-state index contributed by atoms with van der Waals surface area (Å²) >= 11 is 0. The number of rotatable bonds is 0. The Kier molecular flexibility index (Phi) is 1.63. The predicted molar refractivity (Wildman–Crippen MR) is 48.2 cm³/mol. The molecule has 0 saturated heterocycles. The van der Waals surface area contributed by atoms with Gasteiger partial charge in [0.1, 0.15) is 0 Å². The van der Waals surface area contributed by atoms with Crippen LogP contribution in [0.15, 0.2) is 24.3 Å². The van der Waals surface area contributed by atoms with Gasteiger partial charge in [-0.05, 0) is 30.1 Å². The summed E-state index contributed by atoms with van der Waals surface area (Å²) in [5.74, 6) is 3.50. The highest BCUT2D eigenvalue weighted by molar-refractivity contribution is 5.17. The minimum absolute atomic E-state index is 0.843. The van der Waals surface area contributed by atoms with Crippen molar-refractivity contribution in [3.63, 3.8) is 0 Å². The molecule has 2 aliphatic carbocycles. The molecule has 1 saturated carbocycles. The summed E-state index contributed by atoms with van der Waals surface area (Å²) in [4.78, 5) is 0. The number of hydrogen-bond acceptors (Lipinski definition) is 0. The molecule has 0 heterocycles. The fourth-order valence-electron chi connectivity index (χ4n) is 2.49. The Bertz CT molecular complexity index is 200. The largest absolute Gasteiger partial charge is 0.0808 e. The average Bonchev–Trinajstić information content (AvgIpc) is 2.30. The first kappa shape index (κ1) is 7.15. The lowest BCUT2D eigenvalue weighted by Gasteiger charge is -2.19. The molecule has 1 fully saturated rings. The van der Waals surface area contributed by atoms with Gasteiger partial charge in [0.15, 0.2) is 0 Å². The Morgan fingerprint density at radius 2 is 1.82 bits per heavy atom. The molecule has 0 bridgehead atoms. The van der Waals surface area contributed by atoms with Crippen LogP contribution in [-0.2, 0) is 0 Å². The molecule has 11 heavy (non-hydrogen) atoms. The first-order chi connectivity index (χ1) is 5.29. The maximum atomic E-state index is 2.39. The van der Waals surface area contributed by atoms with Crippen LogP contribution in [-0.4, -0.2) is 0 Å². The fourth-order valence-corrected chi connectivity index (χ4v) is 2.49. The van der Waals surface area contributed by atoms with E-state index in [1.165, 1.54) is 6.42 Å². The zero-order valence-electron chi connectivity index (χ0n) is 7.33. The van der Waals surface area contributed by atoms with Crippen LogP contribution >= 0.6 is 0 Å². The van der Waals surface area contributed by atoms with Gasteiger partial charge in [0, 0.05) is 0 Å². The van der Waals surface area contributed by atoms with Gasteiger partial charge in [-0.1, -0.05) is 38.2 Å². The quantitative estimate of drug-likeness (QED) is 0.495. The van der Waals surface area contributed by atoms with E-state index in [0.717, 1.165) is 23.7 Å². The van der Waals surface area contributed by atoms with Crippen LogP contribution in [0.25, 0.3) is 0 Å². The van der Waals surface area contributed by atoms with Crippen molar-refractivity contribution < 1.29 is 0 Å². The Morgan fingerprint density at radius 1 is 1.09 bits per heavy atom. The zero-order valence-corrected chi connectivity index (χ0v) is 7.33. The van der Waals surface area contributed by atoms with Crippen molar-refractivity contribution in [2.75, 3.05) is 0 Å². The van der Waals surface area contributed by atoms with Crippen LogP contribution in [0.3, 0.4) is 0 Å². The molecule has 0 aromatic heterocycles. The first-order valence-electron chi connectivity index (χ1n) is 4.64. The number of hydrogen-bond donors (Lipinski definition) is 0. The van der Waals surface area contributed by atoms with Gasteiger partial charge in [0.2, 0.25) is 0 Å². The summed E-state index contributed by atoms with van der Waals surface area (Å²) in [7, 11) is 0. The Morgan fingerprint density at radius 3 is 2.55 bits per heavy atom. The predicted octanol–water partition coefficient (Wildman–Crippen LogP) is 3.02. The van der Waals surface area contributed by atoms with Crippen LogP contribution in [0.1, 0.15) is 20.3 Å². The number of fused-ring (bicyclic) bond motifs is 1. The fraction of sp³-hybridized carbons (Fsp3) is 0.636. The van der Waals surface area contributed by atoms with Gasteiger partial charge in [-0.3, -0.25) is 0 Å². The summed E-state index contributed by atoms with van der Waals surface area (Å²) in [6, 6.07) is 0. The summed E-state index contributed by atoms with van der Waals surface area (Å²) in [6.45, 7) is 4.77. The highest BCUT2D eigenvalue weighted by Gasteiger charge is 2.35. The van der Waals surface area contributed by atoms with Crippen molar-refractivity contribution in [1.82, 2.24) is 0 Å². The lowest BCUT2D eigenvalue weighted by atomic mass is 9.86. The second kappa shape index (κ2) is 2.51. The molecule has 0 heteroatoms. The van der Waals surface area contributed by atoms with Gasteiger partial charge >= 0.3 is 0 Å². The molecule has 2 rings (SSSR count). The smallest absolute Gasteiger partial charge is 0.0139 e. The molecule has 2 aliphatic rings. The van der Waals surface area contributed by atoms with Gasteiger partial charge in [-0.15, -0.1) is 0 Å². The molecule has 0 spiro atoms. The Hall–Kier alpha value is -0.520. The van der Waals surface area contributed by atoms with E-state index in [-0.39, 0.29) is 0 Å². The monoisotopic (exact) mass is 148 g/mol. The minimum atomic E-state index is 0.843. The third-order valence-corrected chi connectivity index (χ3v) is 3.45. The van der Waals surface area contributed by atoms with Crippen LogP contribution in [0, 0.1) is 23.7 Å². The van der Waals surface area contributed by atoms with E-state index in [0.29, 0.717) is 0 Å². The van der Waals surface area contributed by atoms with E-state index in [1.807, 2.05) is 0 Å². The third-order valence-electron chi connectivity index (χ3n) is 3.45. The second-order valence-corrected chi connectivity index (χ2v) is 4.08. The van der Waals surface area contributed by atoms with E-state index in [1.54, 1.807) is 0 Å². The van der Waals surface area contributed by atoms with Crippen molar-refractivity contribution in [2.45, 2.75) is 20.3 Å². The highest BCUT2D eigenvalue weighted by Crippen LogP contribution is 2.43. The molecule has 0 aliphatic heterocycles. The van der Waals surface area contributed by atoms with Crippen molar-refractivity contribution in [1.29, 1.82) is 0 Å². The summed E-state index contributed by atoms with van der Waals surface area (Å²) in [5, 5.41) is 0. The maximum Gasteiger partial charge on any atom is -0.0139 e. The first-order valence-corrected chi connectivity index (χ1v) is 4.64. The van der Waals surface area contributed by atoms with Crippen molar-refractivity contribution in [2.24, 2.45) is 23.7 Å². The van der Waals surface area contributed by atoms with Crippen LogP contribution < -0.4 is 0 Å². The molecular formula is C11H16. The zero-order chi connectivity index (χ0) is 7.84. The van der Waals surface area contributed by atoms with Crippen LogP contribution in [0.5, 0.6) is 0 Å². The lowest BCUT2D eigenvalue weighted by Crippen LogP contribution is -2.11. The number of allylic oxidation sites excluding steroid dienone is 4. The summed E-state index contributed by atoms with van der Waals surface area (Å²) < 4.78 is 0. The maximum absolute atomic E-state index is 2.39. The molecule has 0 amide bonds. The lowest BCUT2D eigenvalue weighted by molar-refractivity contribution is 0.395. The van der Waals surface area contributed by atoms with E-state index in [4.69, 9.17) is 0 Å². The van der Waals surface area contributed by atoms with E-state index >= 15 is 0 Å². The standard InChI is InChI=1S/C11H16/c1-8-7-10-5-3-4-6-11(10)9(8)2/h3-6,8-11H,7H2,1-2H3. The molecule has 0 nitrogen and oxygen atoms in total. The van der Waals surface area contributed by atoms with Crippen molar-refractivity contribution in [3.05, 3.63) is 24.3 Å². The molecule has 0 aromatic carbocycles. The molecule has 4 atom stereocenters. The Balaban J connectivity index is 2.20. The second-order valence-electron chi connectivity index (χ2n) is 4.08. The van der Waals surface area contributed by atoms with Gasteiger partial charge in [-0.2, -0.15) is 0 Å². The minimum Gasteiger partial charge on any atom is -0.0808 e. The van der Waals surface area contributed by atoms with Crippen LogP contribution in [0.4, 0.5) is 0 Å². The molecule has 60 valence electrons. The van der Waals surface area contributed by atoms with Gasteiger partial charge in [0.05, 0.1) is 0 Å². The van der Waals surface area contributed by atoms with Gasteiger partial charge < -0.3 is 0 Å². The highest BCUT2D eigenvalue weighted by atomic mass is 14.4. The van der Waals surface area contributed by atoms with Crippen molar-refractivity contribution >= 4 is 0 Å². The van der Waals surface area contributed by atoms with E-state index in [2.05, 4.69) is 38.2 Å². The molecular weight excluding hydrogens is 132 g/mol. The Labute approximate surface area is 69.0 Å². The SMILES string of the molecule is CC1CC2C=CC=CC2C1C.